The number of rotatable bonds is 6. The van der Waals surface area contributed by atoms with Gasteiger partial charge in [-0.05, 0) is 25.3 Å². The van der Waals surface area contributed by atoms with Gasteiger partial charge in [0.25, 0.3) is 0 Å². The second-order valence-electron chi connectivity index (χ2n) is 8.43. The fourth-order valence-corrected chi connectivity index (χ4v) is 6.36. The first kappa shape index (κ1) is 20.4. The summed E-state index contributed by atoms with van der Waals surface area (Å²) in [6, 6.07) is 4.36. The van der Waals surface area contributed by atoms with E-state index in [2.05, 4.69) is 17.4 Å². The van der Waals surface area contributed by atoms with Gasteiger partial charge in [-0.2, -0.15) is 0 Å². The Morgan fingerprint density at radius 2 is 2.10 bits per heavy atom. The SMILES string of the molecule is C[C@@H](O)[C@H]1C(=O)N2C(C(=O)O)=C(S[C@@H]3CNC(Cc4cc[n+](C)cc4)C3)[C@H](C)[C@H]12. The van der Waals surface area contributed by atoms with Gasteiger partial charge in [-0.15, -0.1) is 11.8 Å². The average Bonchev–Trinajstić information content (AvgIpc) is 3.18. The predicted molar refractivity (Wildman–Crippen MR) is 109 cm³/mol. The molecule has 1 aromatic rings. The summed E-state index contributed by atoms with van der Waals surface area (Å²) in [5, 5.41) is 23.6. The lowest BCUT2D eigenvalue weighted by Gasteiger charge is -2.46. The smallest absolute Gasteiger partial charge is 0.353 e. The van der Waals surface area contributed by atoms with Gasteiger partial charge in [0, 0.05) is 40.8 Å². The minimum absolute atomic E-state index is 0.0726. The zero-order chi connectivity index (χ0) is 20.9. The number of aromatic nitrogens is 1. The second-order valence-corrected chi connectivity index (χ2v) is 9.77. The van der Waals surface area contributed by atoms with Gasteiger partial charge < -0.3 is 20.4 Å². The molecule has 0 spiro atoms. The van der Waals surface area contributed by atoms with E-state index in [1.807, 2.05) is 30.9 Å². The van der Waals surface area contributed by atoms with Crippen LogP contribution in [0, 0.1) is 11.8 Å². The molecule has 1 aromatic heterocycles. The minimum Gasteiger partial charge on any atom is -0.477 e. The molecule has 29 heavy (non-hydrogen) atoms. The number of nitrogens with zero attached hydrogens (tertiary/aromatic N) is 2. The first-order chi connectivity index (χ1) is 13.8. The number of aliphatic carboxylic acids is 1. The molecule has 8 heteroatoms. The van der Waals surface area contributed by atoms with E-state index in [-0.39, 0.29) is 28.8 Å². The van der Waals surface area contributed by atoms with Gasteiger partial charge in [0.15, 0.2) is 12.4 Å². The number of fused-ring (bicyclic) bond motifs is 1. The zero-order valence-electron chi connectivity index (χ0n) is 16.9. The highest BCUT2D eigenvalue weighted by Gasteiger charge is 2.60. The molecule has 1 unspecified atom stereocenters. The fraction of sp³-hybridized carbons (Fsp3) is 0.571. The average molecular weight is 419 g/mol. The van der Waals surface area contributed by atoms with Gasteiger partial charge in [-0.1, -0.05) is 6.92 Å². The molecule has 3 aliphatic heterocycles. The van der Waals surface area contributed by atoms with Crippen molar-refractivity contribution < 1.29 is 24.4 Å². The van der Waals surface area contributed by atoms with E-state index in [0.717, 1.165) is 24.3 Å². The molecule has 0 aliphatic carbocycles. The van der Waals surface area contributed by atoms with E-state index < -0.39 is 18.0 Å². The van der Waals surface area contributed by atoms with Crippen molar-refractivity contribution in [3.05, 3.63) is 40.7 Å². The van der Waals surface area contributed by atoms with Crippen LogP contribution in [0.1, 0.15) is 25.8 Å². The Morgan fingerprint density at radius 1 is 1.41 bits per heavy atom. The highest BCUT2D eigenvalue weighted by molar-refractivity contribution is 8.03. The van der Waals surface area contributed by atoms with Gasteiger partial charge in [-0.3, -0.25) is 4.79 Å². The van der Waals surface area contributed by atoms with Gasteiger partial charge in [0.2, 0.25) is 5.91 Å². The van der Waals surface area contributed by atoms with Crippen molar-refractivity contribution >= 4 is 23.6 Å². The van der Waals surface area contributed by atoms with Crippen LogP contribution in [0.5, 0.6) is 0 Å². The summed E-state index contributed by atoms with van der Waals surface area (Å²) in [4.78, 5) is 26.6. The van der Waals surface area contributed by atoms with Crippen LogP contribution in [0.3, 0.4) is 0 Å². The Bertz CT molecular complexity index is 854. The number of hydrogen-bond acceptors (Lipinski definition) is 5. The first-order valence-corrected chi connectivity index (χ1v) is 11.0. The van der Waals surface area contributed by atoms with Crippen molar-refractivity contribution in [1.82, 2.24) is 10.2 Å². The number of carbonyl (C=O) groups excluding carboxylic acids is 1. The fourth-order valence-electron chi connectivity index (χ4n) is 4.84. The normalized spacial score (nSPS) is 32.3. The van der Waals surface area contributed by atoms with E-state index in [0.29, 0.717) is 6.04 Å². The van der Waals surface area contributed by atoms with Crippen LogP contribution in [-0.2, 0) is 23.1 Å². The summed E-state index contributed by atoms with van der Waals surface area (Å²) >= 11 is 1.60. The summed E-state index contributed by atoms with van der Waals surface area (Å²) in [6.45, 7) is 4.40. The summed E-state index contributed by atoms with van der Waals surface area (Å²) in [5.74, 6) is -1.91. The third-order valence-corrected chi connectivity index (χ3v) is 7.83. The number of aliphatic hydroxyl groups excluding tert-OH is 1. The predicted octanol–water partition coefficient (Wildman–Crippen LogP) is 0.671. The number of aliphatic hydroxyl groups is 1. The summed E-state index contributed by atoms with van der Waals surface area (Å²) in [7, 11) is 2.00. The van der Waals surface area contributed by atoms with Crippen molar-refractivity contribution in [1.29, 1.82) is 0 Å². The number of hydrogen-bond donors (Lipinski definition) is 3. The van der Waals surface area contributed by atoms with Crippen LogP contribution in [0.25, 0.3) is 0 Å². The number of carboxylic acid groups (broad SMARTS) is 1. The number of β-lactam (4-membered cyclic amide) rings is 1. The molecule has 4 rings (SSSR count). The summed E-state index contributed by atoms with van der Waals surface area (Å²) in [6.07, 6.45) is 5.21. The molecular formula is C21H28N3O4S+. The van der Waals surface area contributed by atoms with E-state index in [9.17, 15) is 19.8 Å². The Kier molecular flexibility index (Phi) is 5.44. The van der Waals surface area contributed by atoms with Gasteiger partial charge in [0.1, 0.15) is 12.7 Å². The molecule has 0 radical (unpaired) electrons. The van der Waals surface area contributed by atoms with Crippen molar-refractivity contribution in [3.8, 4) is 0 Å². The Balaban J connectivity index is 1.45. The Hall–Kier alpha value is -1.90. The molecule has 6 atom stereocenters. The van der Waals surface area contributed by atoms with Crippen LogP contribution in [0.4, 0.5) is 0 Å². The van der Waals surface area contributed by atoms with Crippen molar-refractivity contribution in [2.24, 2.45) is 18.9 Å². The number of carbonyl (C=O) groups is 2. The maximum Gasteiger partial charge on any atom is 0.353 e. The van der Waals surface area contributed by atoms with Gasteiger partial charge in [-0.25, -0.2) is 9.36 Å². The largest absolute Gasteiger partial charge is 0.477 e. The van der Waals surface area contributed by atoms with Crippen LogP contribution >= 0.6 is 11.8 Å². The molecule has 7 nitrogen and oxygen atoms in total. The minimum atomic E-state index is -1.06. The molecule has 2 fully saturated rings. The monoisotopic (exact) mass is 418 g/mol. The number of thioether (sulfide) groups is 1. The molecule has 3 aliphatic rings. The van der Waals surface area contributed by atoms with Crippen molar-refractivity contribution in [3.63, 3.8) is 0 Å². The molecule has 156 valence electrons. The van der Waals surface area contributed by atoms with Crippen LogP contribution in [-0.4, -0.2) is 57.0 Å². The molecular weight excluding hydrogens is 390 g/mol. The molecule has 0 saturated carbocycles. The number of carboxylic acids is 1. The molecule has 1 amide bonds. The Morgan fingerprint density at radius 3 is 2.72 bits per heavy atom. The lowest BCUT2D eigenvalue weighted by atomic mass is 9.79. The Labute approximate surface area is 174 Å². The lowest BCUT2D eigenvalue weighted by Crippen LogP contribution is -2.63. The molecule has 3 N–H and O–H groups in total. The van der Waals surface area contributed by atoms with E-state index in [4.69, 9.17) is 0 Å². The lowest BCUT2D eigenvalue weighted by molar-refractivity contribution is -0.671. The third-order valence-electron chi connectivity index (χ3n) is 6.32. The first-order valence-electron chi connectivity index (χ1n) is 10.1. The van der Waals surface area contributed by atoms with Crippen LogP contribution in [0.2, 0.25) is 0 Å². The quantitative estimate of drug-likeness (QED) is 0.465. The molecule has 4 heterocycles. The van der Waals surface area contributed by atoms with Crippen LogP contribution < -0.4 is 9.88 Å². The van der Waals surface area contributed by atoms with Crippen molar-refractivity contribution in [2.45, 2.75) is 50.1 Å². The highest BCUT2D eigenvalue weighted by atomic mass is 32.2. The second kappa shape index (κ2) is 7.74. The van der Waals surface area contributed by atoms with Gasteiger partial charge >= 0.3 is 5.97 Å². The number of aryl methyl sites for hydroxylation is 1. The maximum atomic E-state index is 12.5. The maximum absolute atomic E-state index is 12.5. The van der Waals surface area contributed by atoms with Crippen LogP contribution in [0.15, 0.2) is 35.1 Å². The molecule has 2 saturated heterocycles. The topological polar surface area (TPSA) is 93.8 Å². The van der Waals surface area contributed by atoms with E-state index >= 15 is 0 Å². The van der Waals surface area contributed by atoms with E-state index in [1.54, 1.807) is 18.7 Å². The molecule has 0 aromatic carbocycles. The van der Waals surface area contributed by atoms with E-state index in [1.165, 1.54) is 10.5 Å². The standard InChI is InChI=1S/C21H27N3O4S/c1-11-17-16(12(2)25)20(26)24(17)18(21(27)28)19(11)29-15-9-14(22-10-15)8-13-4-6-23(3)7-5-13/h4-7,11-12,14-17,22,25H,8-10H2,1-3H3/p+1/t11-,12-,14?,15+,16-,17-/m1/s1. The van der Waals surface area contributed by atoms with Gasteiger partial charge in [0.05, 0.1) is 18.1 Å². The molecule has 0 bridgehead atoms. The van der Waals surface area contributed by atoms with Crippen molar-refractivity contribution in [2.75, 3.05) is 6.54 Å². The third kappa shape index (κ3) is 3.58. The zero-order valence-corrected chi connectivity index (χ0v) is 17.7. The summed E-state index contributed by atoms with van der Waals surface area (Å²) < 4.78 is 2.01. The highest BCUT2D eigenvalue weighted by Crippen LogP contribution is 2.51. The number of amides is 1. The summed E-state index contributed by atoms with van der Waals surface area (Å²) in [5.41, 5.74) is 1.40. The number of nitrogens with one attached hydrogen (secondary N) is 1. The number of pyridine rings is 1.